The lowest BCUT2D eigenvalue weighted by Gasteiger charge is -2.27. The summed E-state index contributed by atoms with van der Waals surface area (Å²) in [7, 11) is 1.56. The highest BCUT2D eigenvalue weighted by molar-refractivity contribution is 5.96. The molecule has 192 valence electrons. The van der Waals surface area contributed by atoms with Crippen LogP contribution in [0, 0.1) is 12.7 Å². The Labute approximate surface area is 211 Å². The first-order valence-electron chi connectivity index (χ1n) is 12.0. The normalized spacial score (nSPS) is 10.8. The molecule has 7 nitrogen and oxygen atoms in total. The van der Waals surface area contributed by atoms with E-state index in [1.165, 1.54) is 17.0 Å². The Balaban J connectivity index is 1.79. The molecular weight excluding hydrogens is 463 g/mol. The fraction of sp³-hybridized carbons (Fsp3) is 0.357. The average Bonchev–Trinajstić information content (AvgIpc) is 3.30. The summed E-state index contributed by atoms with van der Waals surface area (Å²) in [5.74, 6) is 1.18. The second kappa shape index (κ2) is 13.4. The molecule has 0 fully saturated rings. The maximum Gasteiger partial charge on any atom is 0.254 e. The topological polar surface area (TPSA) is 72.2 Å². The average molecular weight is 497 g/mol. The van der Waals surface area contributed by atoms with Gasteiger partial charge in [-0.05, 0) is 74.4 Å². The number of ether oxygens (including phenoxy) is 2. The monoisotopic (exact) mass is 496 g/mol. The number of nitrogens with zero attached hydrogens (tertiary/aromatic N) is 2. The van der Waals surface area contributed by atoms with Gasteiger partial charge in [0.25, 0.3) is 5.91 Å². The van der Waals surface area contributed by atoms with Crippen LogP contribution in [-0.4, -0.2) is 55.0 Å². The molecule has 0 saturated heterocycles. The summed E-state index contributed by atoms with van der Waals surface area (Å²) >= 11 is 0. The number of rotatable bonds is 13. The zero-order chi connectivity index (χ0) is 25.9. The van der Waals surface area contributed by atoms with Gasteiger partial charge in [-0.3, -0.25) is 9.59 Å². The van der Waals surface area contributed by atoms with E-state index in [0.717, 1.165) is 11.3 Å². The van der Waals surface area contributed by atoms with E-state index in [2.05, 4.69) is 0 Å². The van der Waals surface area contributed by atoms with Gasteiger partial charge >= 0.3 is 0 Å². The van der Waals surface area contributed by atoms with Crippen molar-refractivity contribution in [2.75, 3.05) is 33.4 Å². The number of carbonyl (C=O) groups is 2. The largest absolute Gasteiger partial charge is 0.497 e. The number of hydrogen-bond acceptors (Lipinski definition) is 5. The summed E-state index contributed by atoms with van der Waals surface area (Å²) in [4.78, 5) is 30.0. The van der Waals surface area contributed by atoms with Gasteiger partial charge in [0.2, 0.25) is 5.91 Å². The Bertz CT molecular complexity index is 1110. The van der Waals surface area contributed by atoms with E-state index in [9.17, 15) is 14.0 Å². The number of halogens is 1. The third-order valence-electron chi connectivity index (χ3n) is 5.65. The molecule has 0 spiro atoms. The zero-order valence-electron chi connectivity index (χ0n) is 21.0. The number of aryl methyl sites for hydroxylation is 1. The van der Waals surface area contributed by atoms with Crippen molar-refractivity contribution >= 4 is 11.8 Å². The maximum absolute atomic E-state index is 13.5. The van der Waals surface area contributed by atoms with Crippen LogP contribution in [0.3, 0.4) is 0 Å². The van der Waals surface area contributed by atoms with Crippen molar-refractivity contribution in [1.82, 2.24) is 9.80 Å². The lowest BCUT2D eigenvalue weighted by molar-refractivity contribution is -0.133. The summed E-state index contributed by atoms with van der Waals surface area (Å²) < 4.78 is 29.7. The summed E-state index contributed by atoms with van der Waals surface area (Å²) in [6, 6.07) is 16.5. The second-order valence-electron chi connectivity index (χ2n) is 8.39. The van der Waals surface area contributed by atoms with Crippen LogP contribution in [0.25, 0.3) is 0 Å². The highest BCUT2D eigenvalue weighted by Crippen LogP contribution is 2.17. The summed E-state index contributed by atoms with van der Waals surface area (Å²) in [6.45, 7) is 5.55. The molecule has 0 saturated carbocycles. The van der Waals surface area contributed by atoms with Crippen LogP contribution in [-0.2, 0) is 22.6 Å². The summed E-state index contributed by atoms with van der Waals surface area (Å²) in [5, 5.41) is 0. The molecule has 1 heterocycles. The molecule has 0 unspecified atom stereocenters. The van der Waals surface area contributed by atoms with E-state index in [-0.39, 0.29) is 37.3 Å². The number of methoxy groups -OCH3 is 1. The van der Waals surface area contributed by atoms with Crippen LogP contribution >= 0.6 is 0 Å². The molecule has 0 aliphatic rings. The molecule has 0 aliphatic carbocycles. The van der Waals surface area contributed by atoms with E-state index in [0.29, 0.717) is 43.3 Å². The number of furan rings is 1. The Morgan fingerprint density at radius 2 is 1.67 bits per heavy atom. The molecule has 0 bridgehead atoms. The first-order valence-corrected chi connectivity index (χ1v) is 12.0. The third kappa shape index (κ3) is 7.95. The molecule has 1 aromatic heterocycles. The molecule has 36 heavy (non-hydrogen) atoms. The molecule has 2 amide bonds. The van der Waals surface area contributed by atoms with Crippen molar-refractivity contribution in [3.8, 4) is 5.75 Å². The van der Waals surface area contributed by atoms with Gasteiger partial charge in [0, 0.05) is 31.9 Å². The van der Waals surface area contributed by atoms with E-state index in [1.54, 1.807) is 48.4 Å². The van der Waals surface area contributed by atoms with Crippen molar-refractivity contribution in [2.45, 2.75) is 33.4 Å². The molecule has 8 heteroatoms. The number of amides is 2. The minimum absolute atomic E-state index is 0.113. The van der Waals surface area contributed by atoms with Crippen LogP contribution in [0.1, 0.15) is 40.8 Å². The van der Waals surface area contributed by atoms with Gasteiger partial charge in [0.1, 0.15) is 29.6 Å². The van der Waals surface area contributed by atoms with Crippen LogP contribution in [0.2, 0.25) is 0 Å². The van der Waals surface area contributed by atoms with Crippen molar-refractivity contribution in [2.24, 2.45) is 0 Å². The van der Waals surface area contributed by atoms with Crippen LogP contribution < -0.4 is 4.74 Å². The number of benzene rings is 2. The van der Waals surface area contributed by atoms with E-state index >= 15 is 0 Å². The molecule has 0 radical (unpaired) electrons. The minimum atomic E-state index is -0.344. The predicted octanol–water partition coefficient (Wildman–Crippen LogP) is 4.83. The van der Waals surface area contributed by atoms with Crippen molar-refractivity contribution < 1.29 is 27.9 Å². The fourth-order valence-corrected chi connectivity index (χ4v) is 3.73. The third-order valence-corrected chi connectivity index (χ3v) is 5.65. The van der Waals surface area contributed by atoms with Gasteiger partial charge in [-0.15, -0.1) is 0 Å². The first kappa shape index (κ1) is 26.9. The lowest BCUT2D eigenvalue weighted by atomic mass is 10.1. The standard InChI is InChI=1S/C28H33FN2O5/c1-4-35-17-5-16-30(28(33)23-9-14-25(34-3)15-10-23)20-27(32)31(19-26-13-6-21(2)36-26)18-22-7-11-24(29)12-8-22/h6-15H,4-5,16-20H2,1-3H3. The molecule has 2 aromatic carbocycles. The molecule has 3 rings (SSSR count). The Morgan fingerprint density at radius 1 is 0.944 bits per heavy atom. The second-order valence-corrected chi connectivity index (χ2v) is 8.39. The van der Waals surface area contributed by atoms with Crippen molar-refractivity contribution in [1.29, 1.82) is 0 Å². The maximum atomic E-state index is 13.5. The van der Waals surface area contributed by atoms with Crippen LogP contribution in [0.4, 0.5) is 4.39 Å². The van der Waals surface area contributed by atoms with Gasteiger partial charge in [0.15, 0.2) is 0 Å². The van der Waals surface area contributed by atoms with E-state index in [1.807, 2.05) is 26.0 Å². The van der Waals surface area contributed by atoms with Crippen LogP contribution in [0.15, 0.2) is 65.1 Å². The van der Waals surface area contributed by atoms with Crippen molar-refractivity contribution in [3.63, 3.8) is 0 Å². The molecule has 0 aliphatic heterocycles. The first-order chi connectivity index (χ1) is 17.4. The summed E-state index contributed by atoms with van der Waals surface area (Å²) in [6.07, 6.45) is 0.596. The lowest BCUT2D eigenvalue weighted by Crippen LogP contribution is -2.43. The van der Waals surface area contributed by atoms with Crippen LogP contribution in [0.5, 0.6) is 5.75 Å². The molecule has 3 aromatic rings. The van der Waals surface area contributed by atoms with Gasteiger partial charge < -0.3 is 23.7 Å². The minimum Gasteiger partial charge on any atom is -0.497 e. The Hall–Kier alpha value is -3.65. The SMILES string of the molecule is CCOCCCN(CC(=O)N(Cc1ccc(F)cc1)Cc1ccc(C)o1)C(=O)c1ccc(OC)cc1. The molecular formula is C28H33FN2O5. The van der Waals surface area contributed by atoms with Gasteiger partial charge in [-0.25, -0.2) is 4.39 Å². The smallest absolute Gasteiger partial charge is 0.254 e. The highest BCUT2D eigenvalue weighted by Gasteiger charge is 2.23. The quantitative estimate of drug-likeness (QED) is 0.317. The molecule has 0 N–H and O–H groups in total. The fourth-order valence-electron chi connectivity index (χ4n) is 3.73. The van der Waals surface area contributed by atoms with E-state index < -0.39 is 0 Å². The van der Waals surface area contributed by atoms with Gasteiger partial charge in [0.05, 0.1) is 13.7 Å². The predicted molar refractivity (Wildman–Crippen MR) is 134 cm³/mol. The Morgan fingerprint density at radius 3 is 2.28 bits per heavy atom. The van der Waals surface area contributed by atoms with Crippen molar-refractivity contribution in [3.05, 3.63) is 89.1 Å². The summed E-state index contributed by atoms with van der Waals surface area (Å²) in [5.41, 5.74) is 1.24. The van der Waals surface area contributed by atoms with Gasteiger partial charge in [-0.2, -0.15) is 0 Å². The van der Waals surface area contributed by atoms with E-state index in [4.69, 9.17) is 13.9 Å². The highest BCUT2D eigenvalue weighted by atomic mass is 19.1. The number of hydrogen-bond donors (Lipinski definition) is 0. The van der Waals surface area contributed by atoms with Gasteiger partial charge in [-0.1, -0.05) is 12.1 Å². The number of carbonyl (C=O) groups excluding carboxylic acids is 2. The zero-order valence-corrected chi connectivity index (χ0v) is 21.0. The Kier molecular flexibility index (Phi) is 10.1. The molecule has 0 atom stereocenters.